The molecule has 2 atom stereocenters. The van der Waals surface area contributed by atoms with E-state index in [-0.39, 0.29) is 26.1 Å². The molecule has 0 N–H and O–H groups in total. The van der Waals surface area contributed by atoms with E-state index in [4.69, 9.17) is 18.5 Å². The van der Waals surface area contributed by atoms with Gasteiger partial charge in [-0.15, -0.1) is 0 Å². The quantitative estimate of drug-likeness (QED) is 0.0195. The Kier molecular flexibility index (Phi) is 48.0. The molecule has 0 heterocycles. The standard InChI is InChI=1S/C62H96NO8P/c1-6-8-10-12-14-16-18-20-22-24-26-27-28-29-30-31-32-33-34-35-37-39-41-43-45-47-49-51-53-55-62(65)71-60(59-70-72(66,67)69-57-56-63(3,4)5)58-68-61(64)54-52-50-48-46-44-42-40-38-36-25-23-21-19-17-15-13-11-9-7-2/h8-11,14-17,20-23,26-27,29-30,32-33,35-38,41-44,47,49,60H,6-7,12-13,18-19,24-25,28,31,34,39-40,45-46,48,50-59H2,1-5H3/b10-8-,11-9-,16-14-,17-15-,22-20-,23-21-,27-26-,30-29-,33-32-,37-35-,38-36-,43-41-,44-42-,49-47-. The lowest BCUT2D eigenvalue weighted by molar-refractivity contribution is -0.870. The number of quaternary nitrogens is 1. The van der Waals surface area contributed by atoms with Crippen LogP contribution < -0.4 is 4.89 Å². The molecule has 0 saturated heterocycles. The smallest absolute Gasteiger partial charge is 0.306 e. The highest BCUT2D eigenvalue weighted by molar-refractivity contribution is 7.45. The van der Waals surface area contributed by atoms with Crippen molar-refractivity contribution in [2.45, 2.75) is 161 Å². The Bertz CT molecular complexity index is 1810. The molecule has 0 aliphatic carbocycles. The number of nitrogens with zero attached hydrogens (tertiary/aromatic N) is 1. The molecular weight excluding hydrogens is 918 g/mol. The van der Waals surface area contributed by atoms with Crippen molar-refractivity contribution in [3.63, 3.8) is 0 Å². The number of carbonyl (C=O) groups excluding carboxylic acids is 2. The molecule has 0 aliphatic rings. The predicted molar refractivity (Wildman–Crippen MR) is 304 cm³/mol. The maximum Gasteiger partial charge on any atom is 0.306 e. The average molecular weight is 1010 g/mol. The van der Waals surface area contributed by atoms with Crippen molar-refractivity contribution in [1.29, 1.82) is 0 Å². The van der Waals surface area contributed by atoms with Crippen molar-refractivity contribution in [3.05, 3.63) is 170 Å². The first-order valence-electron chi connectivity index (χ1n) is 26.8. The number of likely N-dealkylation sites (N-methyl/N-ethyl adjacent to an activating group) is 1. The zero-order valence-electron chi connectivity index (χ0n) is 45.3. The van der Waals surface area contributed by atoms with Crippen LogP contribution in [0.5, 0.6) is 0 Å². The van der Waals surface area contributed by atoms with E-state index in [0.717, 1.165) is 109 Å². The number of esters is 2. The van der Waals surface area contributed by atoms with Crippen LogP contribution in [0.25, 0.3) is 0 Å². The number of allylic oxidation sites excluding steroid dienone is 28. The minimum absolute atomic E-state index is 0.0586. The van der Waals surface area contributed by atoms with Gasteiger partial charge in [0.25, 0.3) is 7.82 Å². The molecule has 0 aromatic carbocycles. The summed E-state index contributed by atoms with van der Waals surface area (Å²) in [6.07, 6.45) is 78.3. The van der Waals surface area contributed by atoms with Crippen LogP contribution >= 0.6 is 7.82 Å². The molecule has 0 aromatic heterocycles. The van der Waals surface area contributed by atoms with E-state index in [9.17, 15) is 19.0 Å². The summed E-state index contributed by atoms with van der Waals surface area (Å²) >= 11 is 0. The van der Waals surface area contributed by atoms with Gasteiger partial charge < -0.3 is 27.9 Å². The van der Waals surface area contributed by atoms with Crippen LogP contribution in [-0.2, 0) is 32.7 Å². The lowest BCUT2D eigenvalue weighted by atomic mass is 10.1. The highest BCUT2D eigenvalue weighted by Crippen LogP contribution is 2.38. The summed E-state index contributed by atoms with van der Waals surface area (Å²) in [5.41, 5.74) is 0. The van der Waals surface area contributed by atoms with Crippen molar-refractivity contribution in [3.8, 4) is 0 Å². The first kappa shape index (κ1) is 67.4. The molecule has 0 aromatic rings. The van der Waals surface area contributed by atoms with Gasteiger partial charge in [-0.1, -0.05) is 190 Å². The summed E-state index contributed by atoms with van der Waals surface area (Å²) in [5, 5.41) is 0. The lowest BCUT2D eigenvalue weighted by Gasteiger charge is -2.28. The summed E-state index contributed by atoms with van der Waals surface area (Å²) in [6.45, 7) is 3.86. The highest BCUT2D eigenvalue weighted by atomic mass is 31.2. The van der Waals surface area contributed by atoms with Crippen molar-refractivity contribution in [2.24, 2.45) is 0 Å². The summed E-state index contributed by atoms with van der Waals surface area (Å²) in [6, 6.07) is 0. The molecule has 0 fully saturated rings. The number of hydrogen-bond acceptors (Lipinski definition) is 8. The highest BCUT2D eigenvalue weighted by Gasteiger charge is 2.21. The first-order valence-corrected chi connectivity index (χ1v) is 28.3. The third-order valence-corrected chi connectivity index (χ3v) is 11.2. The van der Waals surface area contributed by atoms with Gasteiger partial charge in [-0.25, -0.2) is 0 Å². The second kappa shape index (κ2) is 51.3. The van der Waals surface area contributed by atoms with Gasteiger partial charge in [0.15, 0.2) is 6.10 Å². The largest absolute Gasteiger partial charge is 0.756 e. The van der Waals surface area contributed by atoms with Crippen LogP contribution in [0.3, 0.4) is 0 Å². The van der Waals surface area contributed by atoms with Gasteiger partial charge in [-0.3, -0.25) is 14.2 Å². The van der Waals surface area contributed by atoms with Crippen molar-refractivity contribution in [1.82, 2.24) is 0 Å². The molecule has 0 saturated carbocycles. The van der Waals surface area contributed by atoms with E-state index >= 15 is 0 Å². The molecule has 402 valence electrons. The Balaban J connectivity index is 4.44. The SMILES string of the molecule is CC/C=C\C/C=C\C/C=C\C/C=C\C/C=C\C/C=C\C/C=C\C/C=C\C/C=C\CCCC(=O)OC(COC(=O)CCCCC/C=C\C/C=C\C/C=C\C/C=C\C/C=C\CC)COP(=O)([O-])OCC[N+](C)(C)C. The number of phosphoric ester groups is 1. The Hall–Kier alpha value is -4.63. The molecule has 9 nitrogen and oxygen atoms in total. The molecule has 0 bridgehead atoms. The fraction of sp³-hybridized carbons (Fsp3) is 0.516. The number of ether oxygens (including phenoxy) is 2. The van der Waals surface area contributed by atoms with Crippen LogP contribution in [0.2, 0.25) is 0 Å². The number of hydrogen-bond donors (Lipinski definition) is 0. The molecule has 0 amide bonds. The monoisotopic (exact) mass is 1010 g/mol. The molecule has 0 spiro atoms. The van der Waals surface area contributed by atoms with Crippen LogP contribution in [0, 0.1) is 0 Å². The van der Waals surface area contributed by atoms with Gasteiger partial charge >= 0.3 is 11.9 Å². The second-order valence-corrected chi connectivity index (χ2v) is 19.5. The summed E-state index contributed by atoms with van der Waals surface area (Å²) in [7, 11) is 1.08. The number of rotatable bonds is 46. The van der Waals surface area contributed by atoms with E-state index in [1.54, 1.807) is 0 Å². The molecule has 0 rings (SSSR count). The van der Waals surface area contributed by atoms with Crippen LogP contribution in [-0.4, -0.2) is 70.0 Å². The van der Waals surface area contributed by atoms with Gasteiger partial charge in [0.2, 0.25) is 0 Å². The molecule has 2 unspecified atom stereocenters. The van der Waals surface area contributed by atoms with E-state index in [1.807, 2.05) is 27.2 Å². The number of carbonyl (C=O) groups is 2. The molecule has 72 heavy (non-hydrogen) atoms. The topological polar surface area (TPSA) is 111 Å². The minimum atomic E-state index is -4.67. The van der Waals surface area contributed by atoms with Gasteiger partial charge in [0.05, 0.1) is 27.7 Å². The summed E-state index contributed by atoms with van der Waals surface area (Å²) in [5.74, 6) is -0.961. The van der Waals surface area contributed by atoms with Gasteiger partial charge in [0.1, 0.15) is 19.8 Å². The second-order valence-electron chi connectivity index (χ2n) is 18.1. The fourth-order valence-electron chi connectivity index (χ4n) is 6.15. The van der Waals surface area contributed by atoms with Gasteiger partial charge in [-0.05, 0) is 122 Å². The maximum absolute atomic E-state index is 12.7. The molecular formula is C62H96NO8P. The zero-order chi connectivity index (χ0) is 52.7. The fourth-order valence-corrected chi connectivity index (χ4v) is 6.88. The Morgan fingerprint density at radius 3 is 1.12 bits per heavy atom. The molecule has 0 aliphatic heterocycles. The predicted octanol–water partition coefficient (Wildman–Crippen LogP) is 16.1. The lowest BCUT2D eigenvalue weighted by Crippen LogP contribution is -2.37. The molecule has 0 radical (unpaired) electrons. The Morgan fingerprint density at radius 1 is 0.431 bits per heavy atom. The first-order chi connectivity index (χ1) is 35.0. The van der Waals surface area contributed by atoms with Crippen LogP contribution in [0.15, 0.2) is 170 Å². The van der Waals surface area contributed by atoms with Crippen molar-refractivity contribution >= 4 is 19.8 Å². The van der Waals surface area contributed by atoms with Crippen LogP contribution in [0.4, 0.5) is 0 Å². The van der Waals surface area contributed by atoms with Gasteiger partial charge in [0, 0.05) is 12.8 Å². The zero-order valence-corrected chi connectivity index (χ0v) is 46.2. The maximum atomic E-state index is 12.7. The number of unbranched alkanes of at least 4 members (excludes halogenated alkanes) is 4. The van der Waals surface area contributed by atoms with Crippen molar-refractivity contribution < 1.29 is 42.1 Å². The normalized spacial score (nSPS) is 14.7. The Morgan fingerprint density at radius 2 is 0.764 bits per heavy atom. The summed E-state index contributed by atoms with van der Waals surface area (Å²) < 4.78 is 33.9. The minimum Gasteiger partial charge on any atom is -0.756 e. The van der Waals surface area contributed by atoms with E-state index in [0.29, 0.717) is 30.3 Å². The average Bonchev–Trinajstić information content (AvgIpc) is 3.34. The van der Waals surface area contributed by atoms with Crippen LogP contribution in [0.1, 0.15) is 155 Å². The van der Waals surface area contributed by atoms with E-state index < -0.39 is 32.5 Å². The third kappa shape index (κ3) is 54.7. The molecule has 10 heteroatoms. The number of phosphoric acid groups is 1. The van der Waals surface area contributed by atoms with Crippen molar-refractivity contribution in [2.75, 3.05) is 47.5 Å². The van der Waals surface area contributed by atoms with Gasteiger partial charge in [-0.2, -0.15) is 0 Å². The summed E-state index contributed by atoms with van der Waals surface area (Å²) in [4.78, 5) is 37.8. The Labute approximate surface area is 438 Å². The van der Waals surface area contributed by atoms with E-state index in [2.05, 4.69) is 178 Å². The third-order valence-electron chi connectivity index (χ3n) is 10.2. The van der Waals surface area contributed by atoms with E-state index in [1.165, 1.54) is 0 Å².